The lowest BCUT2D eigenvalue weighted by Crippen LogP contribution is -2.35. The summed E-state index contributed by atoms with van der Waals surface area (Å²) < 4.78 is 17.8. The van der Waals surface area contributed by atoms with Gasteiger partial charge in [-0.15, -0.1) is 0 Å². The number of hydrogen-bond acceptors (Lipinski definition) is 2. The van der Waals surface area contributed by atoms with Crippen LogP contribution in [0.2, 0.25) is 0 Å². The molecule has 1 rings (SSSR count). The summed E-state index contributed by atoms with van der Waals surface area (Å²) in [4.78, 5) is 4.30. The zero-order valence-corrected chi connectivity index (χ0v) is 11.7. The lowest BCUT2D eigenvalue weighted by atomic mass is 9.85. The van der Waals surface area contributed by atoms with Crippen molar-refractivity contribution in [2.24, 2.45) is 10.7 Å². The van der Waals surface area contributed by atoms with Crippen molar-refractivity contribution in [3.63, 3.8) is 0 Å². The molecule has 1 aromatic carbocycles. The number of rotatable bonds is 6. The molecule has 0 heterocycles. The summed E-state index contributed by atoms with van der Waals surface area (Å²) in [6, 6.07) is 6.47. The van der Waals surface area contributed by atoms with E-state index in [0.717, 1.165) is 5.56 Å². The number of nitrogens with zero attached hydrogens (tertiary/aromatic N) is 1. The van der Waals surface area contributed by atoms with Crippen LogP contribution in [-0.2, 0) is 10.2 Å². The van der Waals surface area contributed by atoms with Gasteiger partial charge in [0, 0.05) is 19.1 Å². The maximum absolute atomic E-state index is 12.9. The molecule has 106 valence electrons. The van der Waals surface area contributed by atoms with Gasteiger partial charge in [0.15, 0.2) is 5.96 Å². The molecule has 1 aromatic rings. The van der Waals surface area contributed by atoms with E-state index in [0.29, 0.717) is 25.7 Å². The minimum absolute atomic E-state index is 0.193. The van der Waals surface area contributed by atoms with Crippen LogP contribution in [0.3, 0.4) is 0 Å². The Hall–Kier alpha value is -1.62. The number of halogens is 1. The molecule has 0 amide bonds. The van der Waals surface area contributed by atoms with Crippen molar-refractivity contribution in [1.82, 2.24) is 5.32 Å². The van der Waals surface area contributed by atoms with E-state index in [1.54, 1.807) is 19.2 Å². The number of ether oxygens (including phenoxy) is 1. The molecule has 0 aliphatic heterocycles. The Morgan fingerprint density at radius 1 is 1.37 bits per heavy atom. The first kappa shape index (κ1) is 15.4. The number of benzene rings is 1. The number of guanidine groups is 1. The van der Waals surface area contributed by atoms with Crippen molar-refractivity contribution in [2.75, 3.05) is 26.8 Å². The monoisotopic (exact) mass is 267 g/mol. The maximum Gasteiger partial charge on any atom is 0.188 e. The minimum Gasteiger partial charge on any atom is -0.383 e. The van der Waals surface area contributed by atoms with E-state index < -0.39 is 0 Å². The highest BCUT2D eigenvalue weighted by atomic mass is 19.1. The van der Waals surface area contributed by atoms with E-state index in [9.17, 15) is 4.39 Å². The molecule has 5 heteroatoms. The van der Waals surface area contributed by atoms with Gasteiger partial charge in [-0.05, 0) is 17.7 Å². The van der Waals surface area contributed by atoms with Crippen molar-refractivity contribution in [3.8, 4) is 0 Å². The summed E-state index contributed by atoms with van der Waals surface area (Å²) in [5, 5.41) is 2.96. The fraction of sp³-hybridized carbons (Fsp3) is 0.500. The summed E-state index contributed by atoms with van der Waals surface area (Å²) in [6.07, 6.45) is 0. The number of methoxy groups -OCH3 is 1. The van der Waals surface area contributed by atoms with Crippen molar-refractivity contribution >= 4 is 5.96 Å². The molecular weight excluding hydrogens is 245 g/mol. The summed E-state index contributed by atoms with van der Waals surface area (Å²) in [6.45, 7) is 5.84. The van der Waals surface area contributed by atoms with Crippen molar-refractivity contribution < 1.29 is 9.13 Å². The van der Waals surface area contributed by atoms with Crippen LogP contribution in [0.1, 0.15) is 19.4 Å². The van der Waals surface area contributed by atoms with E-state index in [1.165, 1.54) is 12.1 Å². The van der Waals surface area contributed by atoms with Crippen LogP contribution in [0.15, 0.2) is 29.3 Å². The van der Waals surface area contributed by atoms with Crippen molar-refractivity contribution in [2.45, 2.75) is 19.3 Å². The molecule has 19 heavy (non-hydrogen) atoms. The standard InChI is InChI=1S/C14H22FN3O/c1-14(2,11-4-6-12(15)7-5-11)10-18-13(16)17-8-9-19-3/h4-7H,8-10H2,1-3H3,(H3,16,17,18). The Labute approximate surface area is 113 Å². The molecule has 0 fully saturated rings. The normalized spacial score (nSPS) is 12.5. The Morgan fingerprint density at radius 3 is 2.58 bits per heavy atom. The molecule has 0 unspecified atom stereocenters. The van der Waals surface area contributed by atoms with E-state index in [-0.39, 0.29) is 11.2 Å². The first-order valence-corrected chi connectivity index (χ1v) is 6.24. The van der Waals surface area contributed by atoms with E-state index in [2.05, 4.69) is 10.3 Å². The first-order valence-electron chi connectivity index (χ1n) is 6.24. The van der Waals surface area contributed by atoms with E-state index >= 15 is 0 Å². The number of hydrogen-bond donors (Lipinski definition) is 2. The predicted molar refractivity (Wildman–Crippen MR) is 75.8 cm³/mol. The summed E-state index contributed by atoms with van der Waals surface area (Å²) in [7, 11) is 1.63. The average molecular weight is 267 g/mol. The number of nitrogens with two attached hydrogens (primary N) is 1. The van der Waals surface area contributed by atoms with Crippen LogP contribution in [0, 0.1) is 5.82 Å². The summed E-state index contributed by atoms with van der Waals surface area (Å²) in [5.74, 6) is 0.163. The quantitative estimate of drug-likeness (QED) is 0.468. The van der Waals surface area contributed by atoms with Crippen molar-refractivity contribution in [1.29, 1.82) is 0 Å². The molecule has 0 saturated heterocycles. The molecule has 0 spiro atoms. The maximum atomic E-state index is 12.9. The Kier molecular flexibility index (Phi) is 5.76. The smallest absolute Gasteiger partial charge is 0.188 e. The third kappa shape index (κ3) is 5.26. The SMILES string of the molecule is COCCNC(N)=NCC(C)(C)c1ccc(F)cc1. The molecule has 0 aliphatic carbocycles. The molecule has 0 saturated carbocycles. The minimum atomic E-state index is -0.233. The van der Waals surface area contributed by atoms with Crippen LogP contribution in [-0.4, -0.2) is 32.8 Å². The van der Waals surface area contributed by atoms with Gasteiger partial charge in [0.25, 0.3) is 0 Å². The average Bonchev–Trinajstić information content (AvgIpc) is 2.37. The van der Waals surface area contributed by atoms with Gasteiger partial charge in [-0.25, -0.2) is 4.39 Å². The van der Waals surface area contributed by atoms with Crippen molar-refractivity contribution in [3.05, 3.63) is 35.6 Å². The second-order valence-electron chi connectivity index (χ2n) is 5.01. The summed E-state index contributed by atoms with van der Waals surface area (Å²) in [5.41, 5.74) is 6.58. The van der Waals surface area contributed by atoms with Crippen LogP contribution >= 0.6 is 0 Å². The number of aliphatic imine (C=N–C) groups is 1. The van der Waals surface area contributed by atoms with Gasteiger partial charge < -0.3 is 15.8 Å². The third-order valence-corrected chi connectivity index (χ3v) is 2.88. The Bertz CT molecular complexity index is 415. The van der Waals surface area contributed by atoms with Gasteiger partial charge in [-0.1, -0.05) is 26.0 Å². The fourth-order valence-electron chi connectivity index (χ4n) is 1.61. The van der Waals surface area contributed by atoms with Gasteiger partial charge in [-0.2, -0.15) is 0 Å². The molecule has 0 aromatic heterocycles. The molecule has 4 nitrogen and oxygen atoms in total. The van der Waals surface area contributed by atoms with Gasteiger partial charge in [0.1, 0.15) is 5.82 Å². The molecule has 0 atom stereocenters. The Balaban J connectivity index is 2.58. The zero-order chi connectivity index (χ0) is 14.3. The topological polar surface area (TPSA) is 59.6 Å². The van der Waals surface area contributed by atoms with Crippen LogP contribution in [0.4, 0.5) is 4.39 Å². The highest BCUT2D eigenvalue weighted by molar-refractivity contribution is 5.77. The third-order valence-electron chi connectivity index (χ3n) is 2.88. The predicted octanol–water partition coefficient (Wildman–Crippen LogP) is 1.65. The lowest BCUT2D eigenvalue weighted by Gasteiger charge is -2.23. The highest BCUT2D eigenvalue weighted by Gasteiger charge is 2.20. The fourth-order valence-corrected chi connectivity index (χ4v) is 1.61. The largest absolute Gasteiger partial charge is 0.383 e. The summed E-state index contributed by atoms with van der Waals surface area (Å²) >= 11 is 0. The van der Waals surface area contributed by atoms with Gasteiger partial charge >= 0.3 is 0 Å². The molecular formula is C14H22FN3O. The van der Waals surface area contributed by atoms with Gasteiger partial charge in [0.2, 0.25) is 0 Å². The Morgan fingerprint density at radius 2 is 2.00 bits per heavy atom. The highest BCUT2D eigenvalue weighted by Crippen LogP contribution is 2.23. The first-order chi connectivity index (χ1) is 8.95. The van der Waals surface area contributed by atoms with E-state index in [1.807, 2.05) is 13.8 Å². The van der Waals surface area contributed by atoms with Crippen LogP contribution in [0.5, 0.6) is 0 Å². The van der Waals surface area contributed by atoms with Crippen LogP contribution < -0.4 is 11.1 Å². The lowest BCUT2D eigenvalue weighted by molar-refractivity contribution is 0.204. The van der Waals surface area contributed by atoms with E-state index in [4.69, 9.17) is 10.5 Å². The number of nitrogens with one attached hydrogen (secondary N) is 1. The second kappa shape index (κ2) is 7.09. The molecule has 3 N–H and O–H groups in total. The molecule has 0 bridgehead atoms. The van der Waals surface area contributed by atoms with Crippen LogP contribution in [0.25, 0.3) is 0 Å². The zero-order valence-electron chi connectivity index (χ0n) is 11.7. The van der Waals surface area contributed by atoms with Gasteiger partial charge in [-0.3, -0.25) is 4.99 Å². The second-order valence-corrected chi connectivity index (χ2v) is 5.01. The molecule has 0 aliphatic rings. The molecule has 0 radical (unpaired) electrons. The van der Waals surface area contributed by atoms with Gasteiger partial charge in [0.05, 0.1) is 13.2 Å².